The van der Waals surface area contributed by atoms with E-state index in [1.54, 1.807) is 0 Å². The summed E-state index contributed by atoms with van der Waals surface area (Å²) < 4.78 is 5.40. The molecule has 2 rings (SSSR count). The molecule has 1 aliphatic heterocycles. The molecule has 1 saturated heterocycles. The molecule has 1 aromatic carbocycles. The Morgan fingerprint density at radius 2 is 1.90 bits per heavy atom. The zero-order valence-electron chi connectivity index (χ0n) is 11.4. The monoisotopic (exact) mass is 276 g/mol. The first-order valence-corrected chi connectivity index (χ1v) is 6.93. The third kappa shape index (κ3) is 5.01. The van der Waals surface area contributed by atoms with E-state index in [1.807, 2.05) is 30.3 Å². The second kappa shape index (κ2) is 7.65. The standard InChI is InChI=1S/C15H20N2O3/c18-14(16-10-12-5-2-1-3-6-12)9-15(19)17-11-13-7-4-8-20-13/h1-3,5-6,13H,4,7-11H2,(H,16,18)(H,17,19). The molecule has 0 aliphatic carbocycles. The molecule has 0 aromatic heterocycles. The van der Waals surface area contributed by atoms with Crippen molar-refractivity contribution in [2.24, 2.45) is 0 Å². The molecule has 0 saturated carbocycles. The van der Waals surface area contributed by atoms with Crippen molar-refractivity contribution in [3.05, 3.63) is 35.9 Å². The largest absolute Gasteiger partial charge is 0.376 e. The first-order valence-electron chi connectivity index (χ1n) is 6.93. The van der Waals surface area contributed by atoms with Gasteiger partial charge in [0.25, 0.3) is 0 Å². The average molecular weight is 276 g/mol. The average Bonchev–Trinajstić information content (AvgIpc) is 2.97. The van der Waals surface area contributed by atoms with Gasteiger partial charge in [0.15, 0.2) is 0 Å². The normalized spacial score (nSPS) is 17.7. The summed E-state index contributed by atoms with van der Waals surface area (Å²) >= 11 is 0. The molecule has 0 bridgehead atoms. The lowest BCUT2D eigenvalue weighted by atomic mass is 10.2. The van der Waals surface area contributed by atoms with Crippen LogP contribution >= 0.6 is 0 Å². The Balaban J connectivity index is 1.62. The molecule has 2 N–H and O–H groups in total. The van der Waals surface area contributed by atoms with E-state index < -0.39 is 0 Å². The lowest BCUT2D eigenvalue weighted by Gasteiger charge is -2.10. The van der Waals surface area contributed by atoms with Crippen LogP contribution in [0.25, 0.3) is 0 Å². The Hall–Kier alpha value is -1.88. The quantitative estimate of drug-likeness (QED) is 0.761. The van der Waals surface area contributed by atoms with E-state index in [1.165, 1.54) is 0 Å². The topological polar surface area (TPSA) is 67.4 Å². The van der Waals surface area contributed by atoms with Crippen LogP contribution in [0.2, 0.25) is 0 Å². The van der Waals surface area contributed by atoms with Gasteiger partial charge in [0.1, 0.15) is 6.42 Å². The third-order valence-electron chi connectivity index (χ3n) is 3.20. The van der Waals surface area contributed by atoms with E-state index in [-0.39, 0.29) is 24.3 Å². The number of hydrogen-bond acceptors (Lipinski definition) is 3. The molecule has 1 atom stereocenters. The first kappa shape index (κ1) is 14.5. The zero-order chi connectivity index (χ0) is 14.2. The summed E-state index contributed by atoms with van der Waals surface area (Å²) in [4.78, 5) is 23.2. The molecule has 5 heteroatoms. The minimum Gasteiger partial charge on any atom is -0.376 e. The van der Waals surface area contributed by atoms with Crippen LogP contribution in [0, 0.1) is 0 Å². The molecule has 2 amide bonds. The van der Waals surface area contributed by atoms with E-state index in [2.05, 4.69) is 10.6 Å². The molecule has 1 aliphatic rings. The highest BCUT2D eigenvalue weighted by Gasteiger charge is 2.17. The third-order valence-corrected chi connectivity index (χ3v) is 3.20. The van der Waals surface area contributed by atoms with Gasteiger partial charge < -0.3 is 15.4 Å². The van der Waals surface area contributed by atoms with Crippen LogP contribution in [-0.4, -0.2) is 31.1 Å². The van der Waals surface area contributed by atoms with Crippen LogP contribution in [0.4, 0.5) is 0 Å². The number of ether oxygens (including phenoxy) is 1. The molecule has 1 fully saturated rings. The molecule has 20 heavy (non-hydrogen) atoms. The zero-order valence-corrected chi connectivity index (χ0v) is 11.4. The maximum atomic E-state index is 11.6. The Bertz CT molecular complexity index is 442. The van der Waals surface area contributed by atoms with Gasteiger partial charge in [-0.2, -0.15) is 0 Å². The van der Waals surface area contributed by atoms with Crippen molar-refractivity contribution in [2.45, 2.75) is 31.9 Å². The van der Waals surface area contributed by atoms with Gasteiger partial charge in [-0.15, -0.1) is 0 Å². The number of nitrogens with one attached hydrogen (secondary N) is 2. The van der Waals surface area contributed by atoms with Gasteiger partial charge in [0, 0.05) is 19.7 Å². The maximum absolute atomic E-state index is 11.6. The SMILES string of the molecule is O=C(CC(=O)NCC1CCCO1)NCc1ccccc1. The molecule has 1 unspecified atom stereocenters. The van der Waals surface area contributed by atoms with Crippen LogP contribution in [0.1, 0.15) is 24.8 Å². The van der Waals surface area contributed by atoms with Crippen LogP contribution in [0.15, 0.2) is 30.3 Å². The van der Waals surface area contributed by atoms with E-state index in [0.717, 1.165) is 25.0 Å². The summed E-state index contributed by atoms with van der Waals surface area (Å²) in [6, 6.07) is 9.60. The summed E-state index contributed by atoms with van der Waals surface area (Å²) in [5.74, 6) is -0.523. The summed E-state index contributed by atoms with van der Waals surface area (Å²) in [6.07, 6.45) is 1.98. The van der Waals surface area contributed by atoms with Crippen molar-refractivity contribution in [3.8, 4) is 0 Å². The van der Waals surface area contributed by atoms with E-state index in [4.69, 9.17) is 4.74 Å². The lowest BCUT2D eigenvalue weighted by Crippen LogP contribution is -2.35. The van der Waals surface area contributed by atoms with Gasteiger partial charge in [-0.3, -0.25) is 9.59 Å². The highest BCUT2D eigenvalue weighted by atomic mass is 16.5. The van der Waals surface area contributed by atoms with E-state index in [9.17, 15) is 9.59 Å². The number of hydrogen-bond donors (Lipinski definition) is 2. The van der Waals surface area contributed by atoms with Gasteiger partial charge in [-0.25, -0.2) is 0 Å². The highest BCUT2D eigenvalue weighted by molar-refractivity contribution is 5.96. The highest BCUT2D eigenvalue weighted by Crippen LogP contribution is 2.10. The van der Waals surface area contributed by atoms with E-state index >= 15 is 0 Å². The molecule has 0 spiro atoms. The number of benzene rings is 1. The van der Waals surface area contributed by atoms with Crippen LogP contribution < -0.4 is 10.6 Å². The van der Waals surface area contributed by atoms with Crippen LogP contribution in [-0.2, 0) is 20.9 Å². The smallest absolute Gasteiger partial charge is 0.229 e. The molecule has 5 nitrogen and oxygen atoms in total. The fraction of sp³-hybridized carbons (Fsp3) is 0.467. The van der Waals surface area contributed by atoms with Crippen molar-refractivity contribution >= 4 is 11.8 Å². The van der Waals surface area contributed by atoms with Crippen molar-refractivity contribution in [1.82, 2.24) is 10.6 Å². The van der Waals surface area contributed by atoms with Crippen molar-refractivity contribution in [3.63, 3.8) is 0 Å². The molecular weight excluding hydrogens is 256 g/mol. The van der Waals surface area contributed by atoms with Gasteiger partial charge in [0.05, 0.1) is 6.10 Å². The molecule has 0 radical (unpaired) electrons. The number of carbonyl (C=O) groups is 2. The minimum atomic E-state index is -0.265. The number of rotatable bonds is 6. The van der Waals surface area contributed by atoms with Gasteiger partial charge >= 0.3 is 0 Å². The fourth-order valence-electron chi connectivity index (χ4n) is 2.10. The minimum absolute atomic E-state index is 0.103. The Morgan fingerprint density at radius 1 is 1.15 bits per heavy atom. The predicted octanol–water partition coefficient (Wildman–Crippen LogP) is 0.988. The number of carbonyl (C=O) groups excluding carboxylic acids is 2. The predicted molar refractivity (Wildman–Crippen MR) is 74.9 cm³/mol. The van der Waals surface area contributed by atoms with Crippen LogP contribution in [0.5, 0.6) is 0 Å². The molecule has 1 aromatic rings. The Labute approximate surface area is 118 Å². The van der Waals surface area contributed by atoms with Crippen molar-refractivity contribution in [2.75, 3.05) is 13.2 Å². The first-order chi connectivity index (χ1) is 9.74. The summed E-state index contributed by atoms with van der Waals surface area (Å²) in [5.41, 5.74) is 1.01. The second-order valence-electron chi connectivity index (χ2n) is 4.88. The molecule has 1 heterocycles. The van der Waals surface area contributed by atoms with Gasteiger partial charge in [0.2, 0.25) is 11.8 Å². The Morgan fingerprint density at radius 3 is 2.60 bits per heavy atom. The fourth-order valence-corrected chi connectivity index (χ4v) is 2.10. The van der Waals surface area contributed by atoms with Crippen molar-refractivity contribution in [1.29, 1.82) is 0 Å². The molecule has 108 valence electrons. The van der Waals surface area contributed by atoms with Gasteiger partial charge in [-0.1, -0.05) is 30.3 Å². The Kier molecular flexibility index (Phi) is 5.55. The second-order valence-corrected chi connectivity index (χ2v) is 4.88. The maximum Gasteiger partial charge on any atom is 0.229 e. The van der Waals surface area contributed by atoms with E-state index in [0.29, 0.717) is 13.1 Å². The summed E-state index contributed by atoms with van der Waals surface area (Å²) in [7, 11) is 0. The molecular formula is C15H20N2O3. The number of amides is 2. The summed E-state index contributed by atoms with van der Waals surface area (Å²) in [6.45, 7) is 1.70. The summed E-state index contributed by atoms with van der Waals surface area (Å²) in [5, 5.41) is 5.46. The van der Waals surface area contributed by atoms with Crippen molar-refractivity contribution < 1.29 is 14.3 Å². The van der Waals surface area contributed by atoms with Gasteiger partial charge in [-0.05, 0) is 18.4 Å². The lowest BCUT2D eigenvalue weighted by molar-refractivity contribution is -0.129. The van der Waals surface area contributed by atoms with Crippen LogP contribution in [0.3, 0.4) is 0 Å².